The fraction of sp³-hybridized carbons (Fsp3) is 0.350. The van der Waals surface area contributed by atoms with Gasteiger partial charge in [-0.2, -0.15) is 0 Å². The maximum Gasteiger partial charge on any atom is 0.255 e. The van der Waals surface area contributed by atoms with Gasteiger partial charge in [-0.3, -0.25) is 9.10 Å². The van der Waals surface area contributed by atoms with Crippen LogP contribution in [0, 0.1) is 0 Å². The van der Waals surface area contributed by atoms with E-state index in [1.165, 1.54) is 4.31 Å². The molecule has 1 heterocycles. The molecule has 0 atom stereocenters. The first-order valence-corrected chi connectivity index (χ1v) is 10.7. The molecule has 0 aliphatic carbocycles. The fourth-order valence-electron chi connectivity index (χ4n) is 2.98. The molecular formula is C20H24N2O4S. The lowest BCUT2D eigenvalue weighted by atomic mass is 10.1. The molecule has 0 spiro atoms. The zero-order valence-electron chi connectivity index (χ0n) is 15.5. The summed E-state index contributed by atoms with van der Waals surface area (Å²) in [4.78, 5) is 12.6. The summed E-state index contributed by atoms with van der Waals surface area (Å²) >= 11 is 0. The minimum absolute atomic E-state index is 0.00572. The number of carbonyl (C=O) groups excluding carboxylic acids is 1. The third-order valence-corrected chi connectivity index (χ3v) is 6.13. The van der Waals surface area contributed by atoms with E-state index < -0.39 is 10.0 Å². The summed E-state index contributed by atoms with van der Waals surface area (Å²) in [6.07, 6.45) is 1.53. The molecule has 6 nitrogen and oxygen atoms in total. The second kappa shape index (κ2) is 8.00. The Morgan fingerprint density at radius 3 is 2.44 bits per heavy atom. The number of sulfonamides is 1. The van der Waals surface area contributed by atoms with Crippen LogP contribution in [0.1, 0.15) is 37.0 Å². The van der Waals surface area contributed by atoms with Gasteiger partial charge in [0.2, 0.25) is 10.0 Å². The van der Waals surface area contributed by atoms with Crippen LogP contribution < -0.4 is 14.4 Å². The van der Waals surface area contributed by atoms with Gasteiger partial charge >= 0.3 is 0 Å². The van der Waals surface area contributed by atoms with E-state index in [0.717, 1.165) is 6.42 Å². The molecule has 2 aromatic rings. The van der Waals surface area contributed by atoms with Gasteiger partial charge < -0.3 is 10.1 Å². The van der Waals surface area contributed by atoms with Gasteiger partial charge in [-0.25, -0.2) is 8.42 Å². The average molecular weight is 388 g/mol. The number of anilines is 2. The summed E-state index contributed by atoms with van der Waals surface area (Å²) in [7, 11) is -3.26. The molecule has 3 rings (SSSR count). The normalized spacial score (nSPS) is 16.2. The van der Waals surface area contributed by atoms with E-state index >= 15 is 0 Å². The molecule has 0 aromatic heterocycles. The predicted octanol–water partition coefficient (Wildman–Crippen LogP) is 3.66. The van der Waals surface area contributed by atoms with Crippen LogP contribution in [-0.2, 0) is 10.0 Å². The van der Waals surface area contributed by atoms with Crippen molar-refractivity contribution in [3.63, 3.8) is 0 Å². The van der Waals surface area contributed by atoms with E-state index in [1.807, 2.05) is 26.0 Å². The highest BCUT2D eigenvalue weighted by Gasteiger charge is 2.26. The van der Waals surface area contributed by atoms with Crippen LogP contribution in [0.3, 0.4) is 0 Å². The molecule has 1 aliphatic rings. The van der Waals surface area contributed by atoms with E-state index in [2.05, 4.69) is 5.32 Å². The maximum atomic E-state index is 12.6. The number of hydrogen-bond donors (Lipinski definition) is 1. The van der Waals surface area contributed by atoms with Crippen LogP contribution in [0.2, 0.25) is 0 Å². The first kappa shape index (κ1) is 19.2. The Morgan fingerprint density at radius 2 is 1.78 bits per heavy atom. The van der Waals surface area contributed by atoms with E-state index in [9.17, 15) is 13.2 Å². The Bertz CT molecular complexity index is 908. The SMILES string of the molecule is CC(C)Oc1ccccc1NC(=O)c1ccc(N2CCCCS2(=O)=O)cc1. The molecule has 27 heavy (non-hydrogen) atoms. The number of amides is 1. The molecule has 0 unspecified atom stereocenters. The number of nitrogens with one attached hydrogen (secondary N) is 1. The molecule has 0 saturated carbocycles. The minimum Gasteiger partial charge on any atom is -0.489 e. The van der Waals surface area contributed by atoms with Gasteiger partial charge in [-0.1, -0.05) is 12.1 Å². The van der Waals surface area contributed by atoms with Crippen LogP contribution in [-0.4, -0.2) is 32.7 Å². The highest BCUT2D eigenvalue weighted by Crippen LogP contribution is 2.27. The number of hydrogen-bond acceptors (Lipinski definition) is 4. The Hall–Kier alpha value is -2.54. The van der Waals surface area contributed by atoms with Crippen LogP contribution >= 0.6 is 0 Å². The zero-order chi connectivity index (χ0) is 19.4. The van der Waals surface area contributed by atoms with Crippen molar-refractivity contribution in [3.05, 3.63) is 54.1 Å². The molecule has 1 fully saturated rings. The quantitative estimate of drug-likeness (QED) is 0.848. The predicted molar refractivity (Wildman–Crippen MR) is 107 cm³/mol. The first-order valence-electron chi connectivity index (χ1n) is 9.04. The van der Waals surface area contributed by atoms with Crippen molar-refractivity contribution in [3.8, 4) is 5.75 Å². The average Bonchev–Trinajstić information content (AvgIpc) is 2.63. The first-order chi connectivity index (χ1) is 12.9. The standard InChI is InChI=1S/C20H24N2O4S/c1-15(2)26-19-8-4-3-7-18(19)21-20(23)16-9-11-17(12-10-16)22-13-5-6-14-27(22,24)25/h3-4,7-12,15H,5-6,13-14H2,1-2H3,(H,21,23). The molecule has 1 amide bonds. The molecule has 1 aliphatic heterocycles. The zero-order valence-corrected chi connectivity index (χ0v) is 16.3. The van der Waals surface area contributed by atoms with Crippen molar-refractivity contribution < 1.29 is 17.9 Å². The maximum absolute atomic E-state index is 12.6. The topological polar surface area (TPSA) is 75.7 Å². The number of rotatable bonds is 5. The van der Waals surface area contributed by atoms with Gasteiger partial charge in [0.15, 0.2) is 0 Å². The monoisotopic (exact) mass is 388 g/mol. The van der Waals surface area contributed by atoms with Crippen LogP contribution in [0.5, 0.6) is 5.75 Å². The highest BCUT2D eigenvalue weighted by molar-refractivity contribution is 7.92. The molecule has 1 saturated heterocycles. The molecule has 7 heteroatoms. The second-order valence-corrected chi connectivity index (χ2v) is 8.77. The second-order valence-electron chi connectivity index (χ2n) is 6.76. The fourth-order valence-corrected chi connectivity index (χ4v) is 4.62. The van der Waals surface area contributed by atoms with Crippen LogP contribution in [0.4, 0.5) is 11.4 Å². The summed E-state index contributed by atoms with van der Waals surface area (Å²) in [6.45, 7) is 4.33. The lowest BCUT2D eigenvalue weighted by Gasteiger charge is -2.28. The summed E-state index contributed by atoms with van der Waals surface area (Å²) in [5, 5.41) is 2.85. The van der Waals surface area contributed by atoms with Crippen molar-refractivity contribution in [2.24, 2.45) is 0 Å². The van der Waals surface area contributed by atoms with Crippen molar-refractivity contribution >= 4 is 27.3 Å². The largest absolute Gasteiger partial charge is 0.489 e. The van der Waals surface area contributed by atoms with E-state index in [4.69, 9.17) is 4.74 Å². The molecule has 0 bridgehead atoms. The molecular weight excluding hydrogens is 364 g/mol. The third kappa shape index (κ3) is 4.60. The van der Waals surface area contributed by atoms with E-state index in [1.54, 1.807) is 36.4 Å². The summed E-state index contributed by atoms with van der Waals surface area (Å²) < 4.78 is 31.5. The van der Waals surface area contributed by atoms with Gasteiger partial charge in [-0.05, 0) is 63.1 Å². The van der Waals surface area contributed by atoms with E-state index in [0.29, 0.717) is 35.7 Å². The number of nitrogens with zero attached hydrogens (tertiary/aromatic N) is 1. The Balaban J connectivity index is 1.75. The van der Waals surface area contributed by atoms with Crippen molar-refractivity contribution in [2.75, 3.05) is 21.9 Å². The lowest BCUT2D eigenvalue weighted by molar-refractivity contribution is 0.102. The van der Waals surface area contributed by atoms with Gasteiger partial charge in [0.1, 0.15) is 5.75 Å². The number of carbonyl (C=O) groups is 1. The highest BCUT2D eigenvalue weighted by atomic mass is 32.2. The van der Waals surface area contributed by atoms with Gasteiger partial charge in [0, 0.05) is 12.1 Å². The summed E-state index contributed by atoms with van der Waals surface area (Å²) in [6, 6.07) is 13.9. The molecule has 1 N–H and O–H groups in total. The van der Waals surface area contributed by atoms with Crippen LogP contribution in [0.15, 0.2) is 48.5 Å². The lowest BCUT2D eigenvalue weighted by Crippen LogP contribution is -2.37. The van der Waals surface area contributed by atoms with Gasteiger partial charge in [0.25, 0.3) is 5.91 Å². The number of para-hydroxylation sites is 2. The molecule has 144 valence electrons. The Labute approximate surface area is 160 Å². The number of benzene rings is 2. The summed E-state index contributed by atoms with van der Waals surface area (Å²) in [5.74, 6) is 0.502. The van der Waals surface area contributed by atoms with Crippen LogP contribution in [0.25, 0.3) is 0 Å². The smallest absolute Gasteiger partial charge is 0.255 e. The van der Waals surface area contributed by atoms with Crippen molar-refractivity contribution in [1.82, 2.24) is 0 Å². The minimum atomic E-state index is -3.26. The summed E-state index contributed by atoms with van der Waals surface area (Å²) in [5.41, 5.74) is 1.64. The van der Waals surface area contributed by atoms with E-state index in [-0.39, 0.29) is 17.8 Å². The molecule has 2 aromatic carbocycles. The van der Waals surface area contributed by atoms with Gasteiger partial charge in [0.05, 0.1) is 23.2 Å². The van der Waals surface area contributed by atoms with Gasteiger partial charge in [-0.15, -0.1) is 0 Å². The number of ether oxygens (including phenoxy) is 1. The molecule has 0 radical (unpaired) electrons. The van der Waals surface area contributed by atoms with Crippen molar-refractivity contribution in [2.45, 2.75) is 32.8 Å². The Kier molecular flexibility index (Phi) is 5.70. The third-order valence-electron chi connectivity index (χ3n) is 4.26. The Morgan fingerprint density at radius 1 is 1.07 bits per heavy atom. The van der Waals surface area contributed by atoms with Crippen molar-refractivity contribution in [1.29, 1.82) is 0 Å².